The largest absolute Gasteiger partial charge is 0.479 e. The number of benzene rings is 1. The molecule has 0 aromatic heterocycles. The highest BCUT2D eigenvalue weighted by Gasteiger charge is 2.20. The number of carbonyl (C=O) groups is 1. The molecule has 3 N–H and O–H groups in total. The van der Waals surface area contributed by atoms with Gasteiger partial charge < -0.3 is 15.8 Å². The quantitative estimate of drug-likeness (QED) is 0.704. The zero-order valence-corrected chi connectivity index (χ0v) is 15.8. The van der Waals surface area contributed by atoms with Gasteiger partial charge in [-0.05, 0) is 69.3 Å². The minimum absolute atomic E-state index is 0.106. The van der Waals surface area contributed by atoms with E-state index in [1.165, 1.54) is 0 Å². The molecule has 0 heterocycles. The maximum atomic E-state index is 12.1. The van der Waals surface area contributed by atoms with E-state index in [1.807, 2.05) is 12.1 Å². The van der Waals surface area contributed by atoms with Gasteiger partial charge in [0.25, 0.3) is 5.91 Å². The van der Waals surface area contributed by atoms with Crippen molar-refractivity contribution in [3.05, 3.63) is 26.6 Å². The van der Waals surface area contributed by atoms with Crippen LogP contribution in [0.4, 0.5) is 0 Å². The summed E-state index contributed by atoms with van der Waals surface area (Å²) in [4.78, 5) is 12.1. The molecule has 0 saturated carbocycles. The van der Waals surface area contributed by atoms with Gasteiger partial charge in [-0.1, -0.05) is 13.8 Å². The number of hydrogen-bond donors (Lipinski definition) is 2. The molecule has 0 saturated heterocycles. The Labute approximate surface area is 143 Å². The number of hydrogen-bond acceptors (Lipinski definition) is 3. The van der Waals surface area contributed by atoms with E-state index in [4.69, 9.17) is 10.5 Å². The SMILES string of the molecule is CCC(CC)NC(=O)C(C)Oc1c(Br)cc(CN)cc1Br. The second-order valence-electron chi connectivity index (χ2n) is 4.87. The Hall–Kier alpha value is -0.590. The molecule has 0 spiro atoms. The van der Waals surface area contributed by atoms with Gasteiger partial charge in [-0.3, -0.25) is 4.79 Å². The molecule has 1 amide bonds. The molecule has 1 rings (SSSR count). The first-order valence-electron chi connectivity index (χ1n) is 7.07. The van der Waals surface area contributed by atoms with Gasteiger partial charge in [0.05, 0.1) is 8.95 Å². The molecule has 1 atom stereocenters. The van der Waals surface area contributed by atoms with E-state index >= 15 is 0 Å². The third-order valence-corrected chi connectivity index (χ3v) is 4.47. The van der Waals surface area contributed by atoms with Crippen LogP contribution in [-0.4, -0.2) is 18.1 Å². The zero-order valence-electron chi connectivity index (χ0n) is 12.6. The van der Waals surface area contributed by atoms with Gasteiger partial charge in [0, 0.05) is 12.6 Å². The highest BCUT2D eigenvalue weighted by molar-refractivity contribution is 9.11. The lowest BCUT2D eigenvalue weighted by molar-refractivity contribution is -0.128. The molecule has 1 aromatic carbocycles. The van der Waals surface area contributed by atoms with Crippen LogP contribution in [0.15, 0.2) is 21.1 Å². The maximum absolute atomic E-state index is 12.1. The molecule has 0 bridgehead atoms. The van der Waals surface area contributed by atoms with Crippen molar-refractivity contribution in [2.75, 3.05) is 0 Å². The molecule has 21 heavy (non-hydrogen) atoms. The summed E-state index contributed by atoms with van der Waals surface area (Å²) < 4.78 is 7.34. The van der Waals surface area contributed by atoms with Gasteiger partial charge in [0.2, 0.25) is 0 Å². The summed E-state index contributed by atoms with van der Waals surface area (Å²) in [5.41, 5.74) is 6.61. The van der Waals surface area contributed by atoms with Crippen LogP contribution in [0.2, 0.25) is 0 Å². The lowest BCUT2D eigenvalue weighted by Crippen LogP contribution is -2.42. The van der Waals surface area contributed by atoms with Crippen molar-refractivity contribution in [1.29, 1.82) is 0 Å². The van der Waals surface area contributed by atoms with Crippen molar-refractivity contribution >= 4 is 37.8 Å². The second kappa shape index (κ2) is 8.76. The third-order valence-electron chi connectivity index (χ3n) is 3.29. The average Bonchev–Trinajstić information content (AvgIpc) is 2.47. The number of ether oxygens (including phenoxy) is 1. The maximum Gasteiger partial charge on any atom is 0.260 e. The molecule has 0 aliphatic heterocycles. The molecule has 6 heteroatoms. The zero-order chi connectivity index (χ0) is 16.0. The summed E-state index contributed by atoms with van der Waals surface area (Å²) in [5, 5.41) is 2.98. The third kappa shape index (κ3) is 5.27. The van der Waals surface area contributed by atoms with Crippen LogP contribution in [0.5, 0.6) is 5.75 Å². The van der Waals surface area contributed by atoms with E-state index in [1.54, 1.807) is 6.92 Å². The minimum Gasteiger partial charge on any atom is -0.479 e. The Morgan fingerprint density at radius 2 is 1.81 bits per heavy atom. The van der Waals surface area contributed by atoms with Crippen LogP contribution in [0.1, 0.15) is 39.2 Å². The summed E-state index contributed by atoms with van der Waals surface area (Å²) in [7, 11) is 0. The van der Waals surface area contributed by atoms with Crippen LogP contribution >= 0.6 is 31.9 Å². The van der Waals surface area contributed by atoms with Crippen molar-refractivity contribution in [2.24, 2.45) is 5.73 Å². The average molecular weight is 422 g/mol. The molecular weight excluding hydrogens is 400 g/mol. The van der Waals surface area contributed by atoms with Gasteiger partial charge in [-0.25, -0.2) is 0 Å². The number of amides is 1. The summed E-state index contributed by atoms with van der Waals surface area (Å²) in [6.45, 7) is 6.30. The minimum atomic E-state index is -0.568. The van der Waals surface area contributed by atoms with Crippen molar-refractivity contribution in [2.45, 2.75) is 52.3 Å². The molecular formula is C15H22Br2N2O2. The molecule has 0 fully saturated rings. The van der Waals surface area contributed by atoms with Gasteiger partial charge in [0.1, 0.15) is 5.75 Å². The molecule has 4 nitrogen and oxygen atoms in total. The van der Waals surface area contributed by atoms with Crippen LogP contribution in [-0.2, 0) is 11.3 Å². The summed E-state index contributed by atoms with van der Waals surface area (Å²) in [6, 6.07) is 3.98. The topological polar surface area (TPSA) is 64.3 Å². The van der Waals surface area contributed by atoms with E-state index < -0.39 is 6.10 Å². The smallest absolute Gasteiger partial charge is 0.260 e. The summed E-state index contributed by atoms with van der Waals surface area (Å²) in [5.74, 6) is 0.504. The van der Waals surface area contributed by atoms with Crippen molar-refractivity contribution in [1.82, 2.24) is 5.32 Å². The van der Waals surface area contributed by atoms with Crippen molar-refractivity contribution in [3.63, 3.8) is 0 Å². The number of halogens is 2. The first-order valence-corrected chi connectivity index (χ1v) is 8.66. The first kappa shape index (κ1) is 18.5. The highest BCUT2D eigenvalue weighted by atomic mass is 79.9. The predicted molar refractivity (Wildman–Crippen MR) is 92.3 cm³/mol. The normalized spacial score (nSPS) is 12.3. The second-order valence-corrected chi connectivity index (χ2v) is 6.58. The monoisotopic (exact) mass is 420 g/mol. The van der Waals surface area contributed by atoms with Crippen LogP contribution in [0.25, 0.3) is 0 Å². The van der Waals surface area contributed by atoms with Gasteiger partial charge in [0.15, 0.2) is 6.10 Å². The molecule has 0 aliphatic rings. The molecule has 0 aliphatic carbocycles. The van der Waals surface area contributed by atoms with Gasteiger partial charge in [-0.15, -0.1) is 0 Å². The standard InChI is InChI=1S/C15H22Br2N2O2/c1-4-11(5-2)19-15(20)9(3)21-14-12(16)6-10(8-18)7-13(14)17/h6-7,9,11H,4-5,8,18H2,1-3H3,(H,19,20). The number of nitrogens with two attached hydrogens (primary N) is 1. The fourth-order valence-electron chi connectivity index (χ4n) is 1.88. The molecule has 1 unspecified atom stereocenters. The molecule has 118 valence electrons. The van der Waals surface area contributed by atoms with Crippen LogP contribution < -0.4 is 15.8 Å². The highest BCUT2D eigenvalue weighted by Crippen LogP contribution is 2.35. The Kier molecular flexibility index (Phi) is 7.70. The predicted octanol–water partition coefficient (Wildman–Crippen LogP) is 3.74. The van der Waals surface area contributed by atoms with E-state index in [0.29, 0.717) is 12.3 Å². The molecule has 0 radical (unpaired) electrons. The number of carbonyl (C=O) groups excluding carboxylic acids is 1. The fourth-order valence-corrected chi connectivity index (χ4v) is 3.35. The fraction of sp³-hybridized carbons (Fsp3) is 0.533. The van der Waals surface area contributed by atoms with Crippen molar-refractivity contribution < 1.29 is 9.53 Å². The Morgan fingerprint density at radius 3 is 2.24 bits per heavy atom. The lowest BCUT2D eigenvalue weighted by Gasteiger charge is -2.20. The van der Waals surface area contributed by atoms with Crippen LogP contribution in [0.3, 0.4) is 0 Å². The van der Waals surface area contributed by atoms with Crippen LogP contribution in [0, 0.1) is 0 Å². The Bertz CT molecular complexity index is 468. The van der Waals surface area contributed by atoms with E-state index in [2.05, 4.69) is 51.0 Å². The summed E-state index contributed by atoms with van der Waals surface area (Å²) in [6.07, 6.45) is 1.25. The Morgan fingerprint density at radius 1 is 1.29 bits per heavy atom. The van der Waals surface area contributed by atoms with Gasteiger partial charge in [-0.2, -0.15) is 0 Å². The van der Waals surface area contributed by atoms with E-state index in [-0.39, 0.29) is 11.9 Å². The van der Waals surface area contributed by atoms with Gasteiger partial charge >= 0.3 is 0 Å². The summed E-state index contributed by atoms with van der Waals surface area (Å²) >= 11 is 6.90. The number of nitrogens with one attached hydrogen (secondary N) is 1. The Balaban J connectivity index is 2.79. The lowest BCUT2D eigenvalue weighted by atomic mass is 10.1. The molecule has 1 aromatic rings. The number of rotatable bonds is 7. The van der Waals surface area contributed by atoms with E-state index in [9.17, 15) is 4.79 Å². The first-order chi connectivity index (χ1) is 9.92. The van der Waals surface area contributed by atoms with Crippen molar-refractivity contribution in [3.8, 4) is 5.75 Å². The van der Waals surface area contributed by atoms with E-state index in [0.717, 1.165) is 27.4 Å².